The molecule has 3 fully saturated rings. The van der Waals surface area contributed by atoms with Crippen LogP contribution < -0.4 is 0 Å². The molecule has 1 saturated heterocycles. The van der Waals surface area contributed by atoms with Gasteiger partial charge in [0.25, 0.3) is 0 Å². The van der Waals surface area contributed by atoms with Gasteiger partial charge in [0.1, 0.15) is 0 Å². The molecule has 0 unspecified atom stereocenters. The Morgan fingerprint density at radius 1 is 0.960 bits per heavy atom. The summed E-state index contributed by atoms with van der Waals surface area (Å²) in [5.41, 5.74) is 3.09. The fourth-order valence-electron chi connectivity index (χ4n) is 4.86. The van der Waals surface area contributed by atoms with Crippen LogP contribution in [0.15, 0.2) is 24.3 Å². The van der Waals surface area contributed by atoms with Crippen molar-refractivity contribution in [2.75, 3.05) is 32.7 Å². The van der Waals surface area contributed by atoms with E-state index in [1.54, 1.807) is 5.56 Å². The normalized spacial score (nSPS) is 27.0. The number of hydrogen-bond donors (Lipinski definition) is 0. The van der Waals surface area contributed by atoms with Crippen LogP contribution in [0.4, 0.5) is 0 Å². The summed E-state index contributed by atoms with van der Waals surface area (Å²) in [6.07, 6.45) is 9.87. The van der Waals surface area contributed by atoms with Crippen LogP contribution >= 0.6 is 0 Å². The molecule has 0 radical (unpaired) electrons. The zero-order chi connectivity index (χ0) is 17.1. The van der Waals surface area contributed by atoms with Crippen molar-refractivity contribution >= 4 is 0 Å². The van der Waals surface area contributed by atoms with Gasteiger partial charge in [-0.25, -0.2) is 0 Å². The van der Waals surface area contributed by atoms with Crippen molar-refractivity contribution in [2.24, 2.45) is 11.8 Å². The van der Waals surface area contributed by atoms with Gasteiger partial charge in [-0.15, -0.1) is 0 Å². The van der Waals surface area contributed by atoms with Gasteiger partial charge in [0.05, 0.1) is 0 Å². The molecule has 4 rings (SSSR count). The Morgan fingerprint density at radius 2 is 1.64 bits per heavy atom. The average molecular weight is 341 g/mol. The fraction of sp³-hybridized carbons (Fsp3) is 0.739. The fourth-order valence-corrected chi connectivity index (χ4v) is 4.86. The standard InChI is InChI=1S/C23H36N2/c1-2-11-25(17-19-5-6-19)18-21-14-23(15-21)22-9-7-20(8-10-22)16-24-12-3-4-13-24/h7-10,19,21,23H,2-6,11-18H2,1H3/t21-,23-. The zero-order valence-electron chi connectivity index (χ0n) is 16.1. The summed E-state index contributed by atoms with van der Waals surface area (Å²) in [5.74, 6) is 2.81. The van der Waals surface area contributed by atoms with E-state index in [1.165, 1.54) is 83.2 Å². The third kappa shape index (κ3) is 4.86. The van der Waals surface area contributed by atoms with E-state index >= 15 is 0 Å². The van der Waals surface area contributed by atoms with E-state index in [0.29, 0.717) is 0 Å². The molecule has 3 aliphatic rings. The third-order valence-corrected chi connectivity index (χ3v) is 6.56. The molecule has 2 heteroatoms. The van der Waals surface area contributed by atoms with Gasteiger partial charge in [0, 0.05) is 19.6 Å². The van der Waals surface area contributed by atoms with Crippen molar-refractivity contribution in [1.82, 2.24) is 9.80 Å². The first-order chi connectivity index (χ1) is 12.3. The molecule has 0 spiro atoms. The maximum absolute atomic E-state index is 2.76. The van der Waals surface area contributed by atoms with Crippen LogP contribution in [0, 0.1) is 11.8 Å². The summed E-state index contributed by atoms with van der Waals surface area (Å²) < 4.78 is 0. The summed E-state index contributed by atoms with van der Waals surface area (Å²) in [6.45, 7) is 10.1. The van der Waals surface area contributed by atoms with Gasteiger partial charge in [-0.2, -0.15) is 0 Å². The monoisotopic (exact) mass is 340 g/mol. The molecular formula is C23H36N2. The molecule has 0 amide bonds. The Hall–Kier alpha value is -0.860. The average Bonchev–Trinajstić information content (AvgIpc) is 3.25. The van der Waals surface area contributed by atoms with E-state index in [9.17, 15) is 0 Å². The van der Waals surface area contributed by atoms with E-state index in [-0.39, 0.29) is 0 Å². The Labute approximate surface area is 154 Å². The zero-order valence-corrected chi connectivity index (χ0v) is 16.1. The van der Waals surface area contributed by atoms with Gasteiger partial charge >= 0.3 is 0 Å². The lowest BCUT2D eigenvalue weighted by Gasteiger charge is -2.39. The maximum atomic E-state index is 2.76. The minimum absolute atomic E-state index is 0.829. The second-order valence-corrected chi connectivity index (χ2v) is 8.96. The van der Waals surface area contributed by atoms with Crippen molar-refractivity contribution in [1.29, 1.82) is 0 Å². The number of benzene rings is 1. The van der Waals surface area contributed by atoms with E-state index in [2.05, 4.69) is 41.0 Å². The predicted octanol–water partition coefficient (Wildman–Crippen LogP) is 4.90. The van der Waals surface area contributed by atoms with Crippen molar-refractivity contribution in [3.8, 4) is 0 Å². The first kappa shape index (κ1) is 17.5. The van der Waals surface area contributed by atoms with Crippen LogP contribution in [-0.4, -0.2) is 42.5 Å². The molecule has 1 aliphatic heterocycles. The maximum Gasteiger partial charge on any atom is 0.0233 e. The van der Waals surface area contributed by atoms with Crippen LogP contribution in [0.5, 0.6) is 0 Å². The molecule has 0 atom stereocenters. The molecule has 1 aromatic rings. The van der Waals surface area contributed by atoms with Gasteiger partial charge < -0.3 is 4.90 Å². The SMILES string of the molecule is CCCN(CC1CC1)C[C@H]1C[C@H](c2ccc(CN3CCCC3)cc2)C1. The lowest BCUT2D eigenvalue weighted by molar-refractivity contribution is 0.154. The predicted molar refractivity (Wildman–Crippen MR) is 106 cm³/mol. The molecule has 0 aromatic heterocycles. The van der Waals surface area contributed by atoms with Gasteiger partial charge in [-0.1, -0.05) is 31.2 Å². The van der Waals surface area contributed by atoms with Crippen LogP contribution in [-0.2, 0) is 6.54 Å². The number of nitrogens with zero attached hydrogens (tertiary/aromatic N) is 2. The summed E-state index contributed by atoms with van der Waals surface area (Å²) >= 11 is 0. The van der Waals surface area contributed by atoms with Crippen LogP contribution in [0.25, 0.3) is 0 Å². The second kappa shape index (κ2) is 8.22. The first-order valence-corrected chi connectivity index (χ1v) is 10.8. The van der Waals surface area contributed by atoms with E-state index in [4.69, 9.17) is 0 Å². The molecule has 25 heavy (non-hydrogen) atoms. The van der Waals surface area contributed by atoms with E-state index in [0.717, 1.165) is 24.3 Å². The molecular weight excluding hydrogens is 304 g/mol. The highest BCUT2D eigenvalue weighted by Gasteiger charge is 2.32. The second-order valence-electron chi connectivity index (χ2n) is 8.96. The van der Waals surface area contributed by atoms with E-state index in [1.807, 2.05) is 0 Å². The van der Waals surface area contributed by atoms with Gasteiger partial charge in [0.2, 0.25) is 0 Å². The van der Waals surface area contributed by atoms with Gasteiger partial charge in [-0.05, 0) is 93.5 Å². The minimum atomic E-state index is 0.829. The largest absolute Gasteiger partial charge is 0.303 e. The Morgan fingerprint density at radius 3 is 2.28 bits per heavy atom. The molecule has 2 nitrogen and oxygen atoms in total. The van der Waals surface area contributed by atoms with Crippen LogP contribution in [0.1, 0.15) is 68.9 Å². The molecule has 0 N–H and O–H groups in total. The van der Waals surface area contributed by atoms with Gasteiger partial charge in [0.15, 0.2) is 0 Å². The minimum Gasteiger partial charge on any atom is -0.303 e. The smallest absolute Gasteiger partial charge is 0.0233 e. The van der Waals surface area contributed by atoms with Crippen LogP contribution in [0.2, 0.25) is 0 Å². The quantitative estimate of drug-likeness (QED) is 0.631. The summed E-state index contributed by atoms with van der Waals surface area (Å²) in [4.78, 5) is 5.36. The van der Waals surface area contributed by atoms with Crippen molar-refractivity contribution in [3.05, 3.63) is 35.4 Å². The summed E-state index contributed by atoms with van der Waals surface area (Å²) in [6, 6.07) is 9.61. The van der Waals surface area contributed by atoms with Gasteiger partial charge in [-0.3, -0.25) is 4.90 Å². The topological polar surface area (TPSA) is 6.48 Å². The van der Waals surface area contributed by atoms with Crippen molar-refractivity contribution < 1.29 is 0 Å². The summed E-state index contributed by atoms with van der Waals surface area (Å²) in [5, 5.41) is 0. The Bertz CT molecular complexity index is 522. The molecule has 2 saturated carbocycles. The summed E-state index contributed by atoms with van der Waals surface area (Å²) in [7, 11) is 0. The molecule has 138 valence electrons. The Kier molecular flexibility index (Phi) is 5.77. The van der Waals surface area contributed by atoms with Crippen molar-refractivity contribution in [2.45, 2.75) is 64.3 Å². The first-order valence-electron chi connectivity index (χ1n) is 10.8. The third-order valence-electron chi connectivity index (χ3n) is 6.56. The number of hydrogen-bond acceptors (Lipinski definition) is 2. The molecule has 1 aromatic carbocycles. The molecule has 2 aliphatic carbocycles. The van der Waals surface area contributed by atoms with Crippen LogP contribution in [0.3, 0.4) is 0 Å². The highest BCUT2D eigenvalue weighted by molar-refractivity contribution is 5.27. The molecule has 1 heterocycles. The highest BCUT2D eigenvalue weighted by Crippen LogP contribution is 2.42. The lowest BCUT2D eigenvalue weighted by Crippen LogP contribution is -2.37. The number of rotatable bonds is 9. The molecule has 0 bridgehead atoms. The lowest BCUT2D eigenvalue weighted by atomic mass is 9.71. The van der Waals surface area contributed by atoms with E-state index < -0.39 is 0 Å². The highest BCUT2D eigenvalue weighted by atomic mass is 15.1. The number of likely N-dealkylation sites (tertiary alicyclic amines) is 1. The van der Waals surface area contributed by atoms with Crippen molar-refractivity contribution in [3.63, 3.8) is 0 Å². The Balaban J connectivity index is 1.22.